The molecule has 0 aliphatic heterocycles. The molecule has 5 rings (SSSR count). The van der Waals surface area contributed by atoms with E-state index < -0.39 is 0 Å². The van der Waals surface area contributed by atoms with Crippen molar-refractivity contribution in [2.75, 3.05) is 5.32 Å². The molecule has 0 fully saturated rings. The van der Waals surface area contributed by atoms with Crippen LogP contribution in [0.15, 0.2) is 66.3 Å². The number of nitrogens with one attached hydrogen (secondary N) is 1. The number of aromatic nitrogens is 4. The van der Waals surface area contributed by atoms with Crippen molar-refractivity contribution in [3.05, 3.63) is 72.0 Å². The highest BCUT2D eigenvalue weighted by molar-refractivity contribution is 7.13. The molecule has 3 aromatic heterocycles. The Morgan fingerprint density at radius 1 is 1.04 bits per heavy atom. The lowest BCUT2D eigenvalue weighted by Gasteiger charge is -2.04. The second kappa shape index (κ2) is 6.54. The molecule has 7 heteroatoms. The van der Waals surface area contributed by atoms with Crippen LogP contribution in [-0.2, 0) is 7.05 Å². The van der Waals surface area contributed by atoms with Crippen molar-refractivity contribution < 1.29 is 4.79 Å². The van der Waals surface area contributed by atoms with Crippen molar-refractivity contribution in [2.24, 2.45) is 7.05 Å². The van der Waals surface area contributed by atoms with Gasteiger partial charge < -0.3 is 9.88 Å². The van der Waals surface area contributed by atoms with Gasteiger partial charge in [-0.3, -0.25) is 14.8 Å². The molecule has 0 unspecified atom stereocenters. The van der Waals surface area contributed by atoms with Crippen LogP contribution in [0, 0.1) is 0 Å². The lowest BCUT2D eigenvalue weighted by Crippen LogP contribution is -2.12. The minimum absolute atomic E-state index is 0.246. The largest absolute Gasteiger partial charge is 0.342 e. The SMILES string of the molecule is Cn1c(-c2nc(C(=O)Nc3ccc4nccnc4c3)cs2)cc2ccccc21. The number of rotatable bonds is 3. The van der Waals surface area contributed by atoms with Gasteiger partial charge in [-0.15, -0.1) is 11.3 Å². The molecule has 2 aromatic carbocycles. The average Bonchev–Trinajstić information content (AvgIpc) is 3.33. The van der Waals surface area contributed by atoms with Gasteiger partial charge in [-0.2, -0.15) is 0 Å². The first-order chi connectivity index (χ1) is 13.7. The Kier molecular flexibility index (Phi) is 3.87. The third-order valence-corrected chi connectivity index (χ3v) is 5.50. The molecule has 3 heterocycles. The van der Waals surface area contributed by atoms with Crippen LogP contribution in [0.4, 0.5) is 5.69 Å². The Morgan fingerprint density at radius 3 is 2.71 bits per heavy atom. The smallest absolute Gasteiger partial charge is 0.275 e. The standard InChI is InChI=1S/C21H15N5OS/c1-26-18-5-3-2-4-13(18)10-19(26)21-25-17(12-28-21)20(27)24-14-6-7-15-16(11-14)23-9-8-22-15/h2-12H,1H3,(H,24,27). The van der Waals surface area contributed by atoms with Gasteiger partial charge in [0, 0.05) is 41.4 Å². The molecular weight excluding hydrogens is 370 g/mol. The van der Waals surface area contributed by atoms with Crippen LogP contribution < -0.4 is 5.32 Å². The maximum Gasteiger partial charge on any atom is 0.275 e. The molecule has 136 valence electrons. The summed E-state index contributed by atoms with van der Waals surface area (Å²) in [6, 6.07) is 15.7. The zero-order chi connectivity index (χ0) is 19.1. The summed E-state index contributed by atoms with van der Waals surface area (Å²) in [6.07, 6.45) is 3.27. The van der Waals surface area contributed by atoms with E-state index in [2.05, 4.69) is 43.0 Å². The highest BCUT2D eigenvalue weighted by atomic mass is 32.1. The molecule has 0 bridgehead atoms. The maximum atomic E-state index is 12.6. The number of hydrogen-bond acceptors (Lipinski definition) is 5. The molecule has 6 nitrogen and oxygen atoms in total. The summed E-state index contributed by atoms with van der Waals surface area (Å²) >= 11 is 1.46. The number of hydrogen-bond donors (Lipinski definition) is 1. The lowest BCUT2D eigenvalue weighted by molar-refractivity contribution is 0.102. The number of para-hydroxylation sites is 1. The first kappa shape index (κ1) is 16.6. The number of aryl methyl sites for hydroxylation is 1. The number of amides is 1. The summed E-state index contributed by atoms with van der Waals surface area (Å²) in [6.45, 7) is 0. The number of benzene rings is 2. The number of fused-ring (bicyclic) bond motifs is 2. The summed E-state index contributed by atoms with van der Waals surface area (Å²) < 4.78 is 2.10. The number of carbonyl (C=O) groups is 1. The Balaban J connectivity index is 1.43. The van der Waals surface area contributed by atoms with E-state index in [0.717, 1.165) is 32.6 Å². The zero-order valence-corrected chi connectivity index (χ0v) is 15.8. The summed E-state index contributed by atoms with van der Waals surface area (Å²) in [5.41, 5.74) is 4.70. The van der Waals surface area contributed by atoms with Crippen LogP contribution in [0.25, 0.3) is 32.6 Å². The fourth-order valence-corrected chi connectivity index (χ4v) is 4.08. The predicted molar refractivity (Wildman–Crippen MR) is 112 cm³/mol. The molecule has 0 aliphatic carbocycles. The van der Waals surface area contributed by atoms with Crippen molar-refractivity contribution in [1.82, 2.24) is 19.5 Å². The Hall–Kier alpha value is -3.58. The van der Waals surface area contributed by atoms with E-state index in [1.54, 1.807) is 23.8 Å². The molecule has 0 radical (unpaired) electrons. The fourth-order valence-electron chi connectivity index (χ4n) is 3.23. The minimum atomic E-state index is -0.246. The van der Waals surface area contributed by atoms with Gasteiger partial charge in [0.05, 0.1) is 16.7 Å². The molecule has 1 amide bonds. The van der Waals surface area contributed by atoms with E-state index >= 15 is 0 Å². The Morgan fingerprint density at radius 2 is 1.86 bits per heavy atom. The molecular formula is C21H15N5OS. The highest BCUT2D eigenvalue weighted by Gasteiger charge is 2.15. The van der Waals surface area contributed by atoms with Gasteiger partial charge in [-0.1, -0.05) is 18.2 Å². The third-order valence-electron chi connectivity index (χ3n) is 4.63. The molecule has 1 N–H and O–H groups in total. The van der Waals surface area contributed by atoms with Gasteiger partial charge in [-0.25, -0.2) is 4.98 Å². The molecule has 0 saturated heterocycles. The monoisotopic (exact) mass is 385 g/mol. The second-order valence-corrected chi connectivity index (χ2v) is 7.26. The van der Waals surface area contributed by atoms with Crippen LogP contribution >= 0.6 is 11.3 Å². The first-order valence-electron chi connectivity index (χ1n) is 8.71. The van der Waals surface area contributed by atoms with Crippen molar-refractivity contribution in [2.45, 2.75) is 0 Å². The Labute approximate surface area is 164 Å². The molecule has 0 spiro atoms. The van der Waals surface area contributed by atoms with E-state index in [-0.39, 0.29) is 5.91 Å². The van der Waals surface area contributed by atoms with E-state index in [4.69, 9.17) is 0 Å². The third kappa shape index (κ3) is 2.82. The van der Waals surface area contributed by atoms with Crippen LogP contribution in [0.1, 0.15) is 10.5 Å². The Bertz CT molecular complexity index is 1340. The van der Waals surface area contributed by atoms with E-state index in [1.165, 1.54) is 11.3 Å². The van der Waals surface area contributed by atoms with Gasteiger partial charge in [0.15, 0.2) is 0 Å². The van der Waals surface area contributed by atoms with Crippen LogP contribution in [0.3, 0.4) is 0 Å². The number of nitrogens with zero attached hydrogens (tertiary/aromatic N) is 4. The number of carbonyl (C=O) groups excluding carboxylic acids is 1. The first-order valence-corrected chi connectivity index (χ1v) is 9.59. The van der Waals surface area contributed by atoms with Crippen LogP contribution in [0.2, 0.25) is 0 Å². The predicted octanol–water partition coefficient (Wildman–Crippen LogP) is 4.50. The molecule has 0 atom stereocenters. The van der Waals surface area contributed by atoms with Crippen molar-refractivity contribution >= 4 is 44.9 Å². The summed E-state index contributed by atoms with van der Waals surface area (Å²) in [7, 11) is 2.01. The quantitative estimate of drug-likeness (QED) is 0.496. The molecule has 5 aromatic rings. The van der Waals surface area contributed by atoms with Gasteiger partial charge in [-0.05, 0) is 30.3 Å². The topological polar surface area (TPSA) is 72.7 Å². The molecule has 0 saturated carbocycles. The average molecular weight is 385 g/mol. The normalized spacial score (nSPS) is 11.2. The molecule has 0 aliphatic rings. The van der Waals surface area contributed by atoms with Crippen molar-refractivity contribution in [3.8, 4) is 10.7 Å². The number of thiazole rings is 1. The van der Waals surface area contributed by atoms with Gasteiger partial charge in [0.1, 0.15) is 10.7 Å². The lowest BCUT2D eigenvalue weighted by atomic mass is 10.2. The van der Waals surface area contributed by atoms with E-state index in [9.17, 15) is 4.79 Å². The summed E-state index contributed by atoms with van der Waals surface area (Å²) in [5.74, 6) is -0.246. The molecule has 28 heavy (non-hydrogen) atoms. The van der Waals surface area contributed by atoms with E-state index in [0.29, 0.717) is 11.4 Å². The van der Waals surface area contributed by atoms with Gasteiger partial charge in [0.2, 0.25) is 0 Å². The fraction of sp³-hybridized carbons (Fsp3) is 0.0476. The van der Waals surface area contributed by atoms with Crippen molar-refractivity contribution in [3.63, 3.8) is 0 Å². The van der Waals surface area contributed by atoms with Crippen molar-refractivity contribution in [1.29, 1.82) is 0 Å². The summed E-state index contributed by atoms with van der Waals surface area (Å²) in [4.78, 5) is 25.7. The zero-order valence-electron chi connectivity index (χ0n) is 15.0. The highest BCUT2D eigenvalue weighted by Crippen LogP contribution is 2.29. The minimum Gasteiger partial charge on any atom is -0.342 e. The van der Waals surface area contributed by atoms with E-state index in [1.807, 2.05) is 31.3 Å². The number of anilines is 1. The second-order valence-electron chi connectivity index (χ2n) is 6.40. The van der Waals surface area contributed by atoms with Crippen LogP contribution in [0.5, 0.6) is 0 Å². The summed E-state index contributed by atoms with van der Waals surface area (Å²) in [5, 5.41) is 6.63. The van der Waals surface area contributed by atoms with Gasteiger partial charge in [0.25, 0.3) is 5.91 Å². The van der Waals surface area contributed by atoms with Gasteiger partial charge >= 0.3 is 0 Å². The van der Waals surface area contributed by atoms with Crippen LogP contribution in [-0.4, -0.2) is 25.4 Å². The maximum absolute atomic E-state index is 12.6.